The largest absolute Gasteiger partial charge is 0.507 e. The molecule has 0 unspecified atom stereocenters. The molecule has 0 saturated carbocycles. The molecule has 0 spiro atoms. The van der Waals surface area contributed by atoms with E-state index in [1.807, 2.05) is 25.3 Å². The zero-order valence-electron chi connectivity index (χ0n) is 18.6. The number of piperazine rings is 1. The molecule has 2 aromatic carbocycles. The molecule has 2 aliphatic rings. The van der Waals surface area contributed by atoms with Gasteiger partial charge in [-0.25, -0.2) is 4.39 Å². The first kappa shape index (κ1) is 21.7. The Hall–Kier alpha value is -3.16. The molecule has 2 aliphatic heterocycles. The molecule has 1 aromatic heterocycles. The molecule has 33 heavy (non-hydrogen) atoms. The lowest BCUT2D eigenvalue weighted by Crippen LogP contribution is -2.46. The molecule has 1 saturated heterocycles. The number of hydrogen-bond acceptors (Lipinski definition) is 6. The predicted molar refractivity (Wildman–Crippen MR) is 129 cm³/mol. The topological polar surface area (TPSA) is 53.0 Å². The highest BCUT2D eigenvalue weighted by molar-refractivity contribution is 7.11. The first-order valence-electron chi connectivity index (χ1n) is 11.0. The smallest absolute Gasteiger partial charge is 0.232 e. The summed E-state index contributed by atoms with van der Waals surface area (Å²) in [5, 5.41) is 12.7. The molecule has 0 aliphatic carbocycles. The minimum Gasteiger partial charge on any atom is -0.507 e. The average Bonchev–Trinajstić information content (AvgIpc) is 3.35. The Morgan fingerprint density at radius 1 is 1.09 bits per heavy atom. The number of halogens is 1. The number of hydrogen-bond donors (Lipinski definition) is 1. The molecule has 3 aromatic rings. The second kappa shape index (κ2) is 8.65. The molecule has 3 heterocycles. The van der Waals surface area contributed by atoms with Gasteiger partial charge in [-0.15, -0.1) is 11.3 Å². The third-order valence-electron chi connectivity index (χ3n) is 6.33. The van der Waals surface area contributed by atoms with Crippen molar-refractivity contribution in [1.29, 1.82) is 0 Å². The van der Waals surface area contributed by atoms with Gasteiger partial charge in [0.05, 0.1) is 11.1 Å². The Labute approximate surface area is 196 Å². The van der Waals surface area contributed by atoms with E-state index in [9.17, 15) is 14.3 Å². The van der Waals surface area contributed by atoms with Crippen molar-refractivity contribution in [2.45, 2.75) is 20.4 Å². The molecule has 0 atom stereocenters. The van der Waals surface area contributed by atoms with Crippen molar-refractivity contribution in [2.24, 2.45) is 0 Å². The normalized spacial score (nSPS) is 17.5. The molecule has 5 rings (SSSR count). The lowest BCUT2D eigenvalue weighted by atomic mass is 9.99. The fourth-order valence-electron chi connectivity index (χ4n) is 4.42. The Balaban J connectivity index is 1.36. The summed E-state index contributed by atoms with van der Waals surface area (Å²) in [5.41, 5.74) is 3.99. The monoisotopic (exact) mass is 464 g/mol. The molecule has 0 radical (unpaired) electrons. The quantitative estimate of drug-likeness (QED) is 0.542. The number of aromatic hydroxyl groups is 1. The number of ketones is 1. The van der Waals surface area contributed by atoms with Gasteiger partial charge in [0, 0.05) is 49.4 Å². The Bertz CT molecular complexity index is 1240. The van der Waals surface area contributed by atoms with E-state index in [1.54, 1.807) is 35.6 Å². The van der Waals surface area contributed by atoms with Crippen LogP contribution in [0.2, 0.25) is 0 Å². The van der Waals surface area contributed by atoms with Crippen molar-refractivity contribution in [3.05, 3.63) is 80.5 Å². The van der Waals surface area contributed by atoms with Gasteiger partial charge in [-0.2, -0.15) is 0 Å². The molecule has 7 heteroatoms. The summed E-state index contributed by atoms with van der Waals surface area (Å²) < 4.78 is 19.3. The van der Waals surface area contributed by atoms with Crippen LogP contribution < -0.4 is 9.64 Å². The summed E-state index contributed by atoms with van der Waals surface area (Å²) in [6.07, 6.45) is 1.80. The first-order valence-corrected chi connectivity index (χ1v) is 11.9. The van der Waals surface area contributed by atoms with Gasteiger partial charge >= 0.3 is 0 Å². The third kappa shape index (κ3) is 4.14. The van der Waals surface area contributed by atoms with E-state index >= 15 is 0 Å². The Morgan fingerprint density at radius 2 is 1.82 bits per heavy atom. The minimum atomic E-state index is -0.238. The number of nitrogens with zero attached hydrogens (tertiary/aromatic N) is 2. The van der Waals surface area contributed by atoms with Crippen molar-refractivity contribution < 1.29 is 19.0 Å². The summed E-state index contributed by atoms with van der Waals surface area (Å²) in [6, 6.07) is 10.2. The summed E-state index contributed by atoms with van der Waals surface area (Å²) in [7, 11) is 0. The number of carbonyl (C=O) groups excluding carboxylic acids is 1. The van der Waals surface area contributed by atoms with Crippen LogP contribution in [-0.2, 0) is 6.54 Å². The van der Waals surface area contributed by atoms with Crippen LogP contribution in [0.4, 0.5) is 10.1 Å². The Morgan fingerprint density at radius 3 is 2.48 bits per heavy atom. The maximum atomic E-state index is 13.2. The van der Waals surface area contributed by atoms with E-state index in [-0.39, 0.29) is 17.3 Å². The minimum absolute atomic E-state index is 0.141. The second-order valence-corrected chi connectivity index (χ2v) is 9.49. The third-order valence-corrected chi connectivity index (χ3v) is 7.30. The van der Waals surface area contributed by atoms with E-state index in [2.05, 4.69) is 9.80 Å². The number of Topliss-reactive ketones (excluding diaryl/α,β-unsaturated/α-hetero) is 1. The van der Waals surface area contributed by atoms with Crippen molar-refractivity contribution >= 4 is 28.9 Å². The van der Waals surface area contributed by atoms with Crippen molar-refractivity contribution in [3.63, 3.8) is 0 Å². The van der Waals surface area contributed by atoms with Gasteiger partial charge in [0.1, 0.15) is 17.3 Å². The highest BCUT2D eigenvalue weighted by Gasteiger charge is 2.34. The maximum Gasteiger partial charge on any atom is 0.232 e. The van der Waals surface area contributed by atoms with Gasteiger partial charge in [-0.3, -0.25) is 9.69 Å². The van der Waals surface area contributed by atoms with Crippen molar-refractivity contribution in [3.8, 4) is 11.5 Å². The van der Waals surface area contributed by atoms with Gasteiger partial charge in [0.25, 0.3) is 0 Å². The SMILES string of the molecule is Cc1ccsc1/C=C1\Oc2c(CN3CCN(c4ccc(F)cc4)CC3)c(O)cc(C)c2C1=O. The average molecular weight is 465 g/mol. The van der Waals surface area contributed by atoms with Crippen LogP contribution in [0.3, 0.4) is 0 Å². The fraction of sp³-hybridized carbons (Fsp3) is 0.269. The molecular formula is C26H25FN2O3S. The number of aryl methyl sites for hydroxylation is 2. The van der Waals surface area contributed by atoms with Crippen LogP contribution in [0.15, 0.2) is 47.5 Å². The van der Waals surface area contributed by atoms with E-state index in [1.165, 1.54) is 12.1 Å². The first-order chi connectivity index (χ1) is 15.9. The molecule has 170 valence electrons. The van der Waals surface area contributed by atoms with E-state index in [4.69, 9.17) is 4.74 Å². The van der Waals surface area contributed by atoms with Crippen LogP contribution in [0.1, 0.15) is 31.9 Å². The van der Waals surface area contributed by atoms with Crippen LogP contribution in [0.25, 0.3) is 6.08 Å². The van der Waals surface area contributed by atoms with Crippen molar-refractivity contribution in [1.82, 2.24) is 4.90 Å². The summed E-state index contributed by atoms with van der Waals surface area (Å²) in [4.78, 5) is 18.6. The Kier molecular flexibility index (Phi) is 5.68. The number of fused-ring (bicyclic) bond motifs is 1. The van der Waals surface area contributed by atoms with Crippen LogP contribution >= 0.6 is 11.3 Å². The number of carbonyl (C=O) groups is 1. The lowest BCUT2D eigenvalue weighted by Gasteiger charge is -2.36. The van der Waals surface area contributed by atoms with Crippen LogP contribution in [-0.4, -0.2) is 42.0 Å². The summed E-state index contributed by atoms with van der Waals surface area (Å²) in [6.45, 7) is 7.47. The second-order valence-electron chi connectivity index (χ2n) is 8.54. The van der Waals surface area contributed by atoms with Crippen LogP contribution in [0.5, 0.6) is 11.5 Å². The molecule has 0 amide bonds. The summed E-state index contributed by atoms with van der Waals surface area (Å²) >= 11 is 1.56. The van der Waals surface area contributed by atoms with Gasteiger partial charge in [-0.1, -0.05) is 0 Å². The molecular weight excluding hydrogens is 439 g/mol. The van der Waals surface area contributed by atoms with Gasteiger partial charge in [-0.05, 0) is 66.8 Å². The summed E-state index contributed by atoms with van der Waals surface area (Å²) in [5.74, 6) is 0.537. The standard InChI is InChI=1S/C26H25FN2O3S/c1-16-7-12-33-23(16)14-22-25(31)24-17(2)13-21(30)20(26(24)32-22)15-28-8-10-29(11-9-28)19-5-3-18(27)4-6-19/h3-7,12-14,30H,8-11,15H2,1-2H3/b22-14-. The zero-order valence-corrected chi connectivity index (χ0v) is 19.4. The molecule has 5 nitrogen and oxygen atoms in total. The van der Waals surface area contributed by atoms with Gasteiger partial charge in [0.15, 0.2) is 5.76 Å². The number of phenols is 1. The van der Waals surface area contributed by atoms with E-state index in [0.717, 1.165) is 42.3 Å². The highest BCUT2D eigenvalue weighted by atomic mass is 32.1. The zero-order chi connectivity index (χ0) is 23.1. The van der Waals surface area contributed by atoms with Gasteiger partial charge in [0.2, 0.25) is 5.78 Å². The van der Waals surface area contributed by atoms with E-state index < -0.39 is 0 Å². The predicted octanol–water partition coefficient (Wildman–Crippen LogP) is 5.15. The number of rotatable bonds is 4. The molecule has 0 bridgehead atoms. The number of phenolic OH excluding ortho intramolecular Hbond substituents is 1. The number of allylic oxidation sites excluding steroid dienone is 1. The van der Waals surface area contributed by atoms with E-state index in [0.29, 0.717) is 34.7 Å². The number of thiophene rings is 1. The number of ether oxygens (including phenoxy) is 1. The van der Waals surface area contributed by atoms with Crippen molar-refractivity contribution in [2.75, 3.05) is 31.1 Å². The molecule has 1 N–H and O–H groups in total. The fourth-order valence-corrected chi connectivity index (χ4v) is 5.27. The van der Waals surface area contributed by atoms with Crippen LogP contribution in [0, 0.1) is 19.7 Å². The number of anilines is 1. The highest BCUT2D eigenvalue weighted by Crippen LogP contribution is 2.42. The number of benzene rings is 2. The maximum absolute atomic E-state index is 13.2. The lowest BCUT2D eigenvalue weighted by molar-refractivity contribution is 0.101. The molecule has 1 fully saturated rings. The van der Waals surface area contributed by atoms with Gasteiger partial charge < -0.3 is 14.7 Å².